The van der Waals surface area contributed by atoms with Gasteiger partial charge in [-0.2, -0.15) is 5.26 Å². The lowest BCUT2D eigenvalue weighted by Gasteiger charge is -2.26. The molecule has 110 valence electrons. The van der Waals surface area contributed by atoms with E-state index in [0.717, 1.165) is 62.8 Å². The second-order valence-corrected chi connectivity index (χ2v) is 5.16. The molecular formula is C15H19N5O. The van der Waals surface area contributed by atoms with E-state index in [4.69, 9.17) is 10.00 Å². The van der Waals surface area contributed by atoms with Crippen molar-refractivity contribution in [3.8, 4) is 6.07 Å². The molecule has 0 bridgehead atoms. The van der Waals surface area contributed by atoms with Crippen LogP contribution in [0.25, 0.3) is 11.0 Å². The lowest BCUT2D eigenvalue weighted by Crippen LogP contribution is -2.37. The number of aromatic amines is 1. The fourth-order valence-corrected chi connectivity index (χ4v) is 2.50. The summed E-state index contributed by atoms with van der Waals surface area (Å²) >= 11 is 0. The van der Waals surface area contributed by atoms with Gasteiger partial charge < -0.3 is 15.0 Å². The van der Waals surface area contributed by atoms with Crippen LogP contribution in [0.5, 0.6) is 0 Å². The molecule has 0 unspecified atom stereocenters. The Kier molecular flexibility index (Phi) is 4.34. The summed E-state index contributed by atoms with van der Waals surface area (Å²) in [7, 11) is 0. The van der Waals surface area contributed by atoms with Gasteiger partial charge in [0.15, 0.2) is 0 Å². The maximum Gasteiger partial charge on any atom is 0.201 e. The molecule has 1 aromatic carbocycles. The van der Waals surface area contributed by atoms with Crippen LogP contribution >= 0.6 is 0 Å². The van der Waals surface area contributed by atoms with Gasteiger partial charge in [0.1, 0.15) is 0 Å². The maximum atomic E-state index is 8.89. The minimum Gasteiger partial charge on any atom is -0.379 e. The highest BCUT2D eigenvalue weighted by atomic mass is 16.5. The zero-order valence-electron chi connectivity index (χ0n) is 11.9. The molecule has 1 fully saturated rings. The third-order valence-electron chi connectivity index (χ3n) is 3.66. The van der Waals surface area contributed by atoms with Crippen LogP contribution in [0.2, 0.25) is 0 Å². The standard InChI is InChI=1S/C15H19N5O/c16-11-12-2-3-13-14(10-12)19-15(18-13)17-4-1-5-20-6-8-21-9-7-20/h2-3,10H,1,4-9H2,(H2,17,18,19). The Balaban J connectivity index is 1.50. The first-order valence-corrected chi connectivity index (χ1v) is 7.29. The number of nitriles is 1. The number of nitrogens with zero attached hydrogens (tertiary/aromatic N) is 3. The summed E-state index contributed by atoms with van der Waals surface area (Å²) in [6, 6.07) is 7.60. The van der Waals surface area contributed by atoms with Crippen LogP contribution < -0.4 is 5.32 Å². The van der Waals surface area contributed by atoms with Gasteiger partial charge in [-0.1, -0.05) is 0 Å². The van der Waals surface area contributed by atoms with Gasteiger partial charge >= 0.3 is 0 Å². The number of rotatable bonds is 5. The van der Waals surface area contributed by atoms with Gasteiger partial charge in [-0.3, -0.25) is 4.90 Å². The molecule has 21 heavy (non-hydrogen) atoms. The summed E-state index contributed by atoms with van der Waals surface area (Å²) in [5.74, 6) is 0.766. The molecule has 1 saturated heterocycles. The van der Waals surface area contributed by atoms with Gasteiger partial charge in [-0.05, 0) is 31.2 Å². The zero-order valence-corrected chi connectivity index (χ0v) is 11.9. The predicted octanol–water partition coefficient (Wildman–Crippen LogP) is 1.57. The number of fused-ring (bicyclic) bond motifs is 1. The number of hydrogen-bond donors (Lipinski definition) is 2. The highest BCUT2D eigenvalue weighted by molar-refractivity contribution is 5.78. The van der Waals surface area contributed by atoms with E-state index in [9.17, 15) is 0 Å². The third kappa shape index (κ3) is 3.51. The van der Waals surface area contributed by atoms with E-state index in [1.54, 1.807) is 6.07 Å². The number of hydrogen-bond acceptors (Lipinski definition) is 5. The van der Waals surface area contributed by atoms with Gasteiger partial charge in [-0.25, -0.2) is 4.98 Å². The molecule has 0 aliphatic carbocycles. The molecule has 3 rings (SSSR count). The third-order valence-corrected chi connectivity index (χ3v) is 3.66. The van der Waals surface area contributed by atoms with Crippen molar-refractivity contribution in [2.24, 2.45) is 0 Å². The minimum atomic E-state index is 0.644. The number of benzene rings is 1. The zero-order chi connectivity index (χ0) is 14.5. The first kappa shape index (κ1) is 13.9. The lowest BCUT2D eigenvalue weighted by molar-refractivity contribution is 0.0378. The van der Waals surface area contributed by atoms with E-state index >= 15 is 0 Å². The number of H-pyrrole nitrogens is 1. The monoisotopic (exact) mass is 285 g/mol. The van der Waals surface area contributed by atoms with Crippen LogP contribution in [-0.2, 0) is 4.74 Å². The number of imidazole rings is 1. The van der Waals surface area contributed by atoms with Crippen molar-refractivity contribution in [2.75, 3.05) is 44.7 Å². The molecule has 1 aromatic heterocycles. The molecule has 0 spiro atoms. The molecule has 1 aliphatic heterocycles. The Morgan fingerprint density at radius 1 is 1.38 bits per heavy atom. The average Bonchev–Trinajstić information content (AvgIpc) is 2.94. The van der Waals surface area contributed by atoms with Gasteiger partial charge in [-0.15, -0.1) is 0 Å². The Morgan fingerprint density at radius 3 is 3.05 bits per heavy atom. The van der Waals surface area contributed by atoms with Crippen LogP contribution in [0.1, 0.15) is 12.0 Å². The Bertz CT molecular complexity index is 639. The number of anilines is 1. The molecule has 2 N–H and O–H groups in total. The van der Waals surface area contributed by atoms with Crippen molar-refractivity contribution in [1.82, 2.24) is 14.9 Å². The first-order valence-electron chi connectivity index (χ1n) is 7.29. The summed E-state index contributed by atoms with van der Waals surface area (Å²) in [5.41, 5.74) is 2.42. The number of morpholine rings is 1. The second-order valence-electron chi connectivity index (χ2n) is 5.16. The topological polar surface area (TPSA) is 77.0 Å². The number of aromatic nitrogens is 2. The van der Waals surface area contributed by atoms with E-state index < -0.39 is 0 Å². The highest BCUT2D eigenvalue weighted by Crippen LogP contribution is 2.15. The van der Waals surface area contributed by atoms with Crippen LogP contribution in [0, 0.1) is 11.3 Å². The molecular weight excluding hydrogens is 266 g/mol. The van der Waals surface area contributed by atoms with Gasteiger partial charge in [0.25, 0.3) is 0 Å². The van der Waals surface area contributed by atoms with E-state index in [-0.39, 0.29) is 0 Å². The van der Waals surface area contributed by atoms with Crippen molar-refractivity contribution in [3.05, 3.63) is 23.8 Å². The maximum absolute atomic E-state index is 8.89. The molecule has 2 aromatic rings. The molecule has 0 radical (unpaired) electrons. The van der Waals surface area contributed by atoms with Gasteiger partial charge in [0, 0.05) is 19.6 Å². The lowest BCUT2D eigenvalue weighted by atomic mass is 10.2. The summed E-state index contributed by atoms with van der Waals surface area (Å²) in [4.78, 5) is 10.1. The van der Waals surface area contributed by atoms with Crippen molar-refractivity contribution >= 4 is 17.0 Å². The predicted molar refractivity (Wildman–Crippen MR) is 81.2 cm³/mol. The SMILES string of the molecule is N#Cc1ccc2nc(NCCCN3CCOCC3)[nH]c2c1. The Morgan fingerprint density at radius 2 is 2.24 bits per heavy atom. The summed E-state index contributed by atoms with van der Waals surface area (Å²) in [6.07, 6.45) is 1.07. The fourth-order valence-electron chi connectivity index (χ4n) is 2.50. The number of nitrogens with one attached hydrogen (secondary N) is 2. The molecule has 0 saturated carbocycles. The normalized spacial score (nSPS) is 16.0. The Hall–Kier alpha value is -2.10. The molecule has 6 nitrogen and oxygen atoms in total. The fraction of sp³-hybridized carbons (Fsp3) is 0.467. The van der Waals surface area contributed by atoms with E-state index in [1.165, 1.54) is 0 Å². The minimum absolute atomic E-state index is 0.644. The molecule has 2 heterocycles. The quantitative estimate of drug-likeness (QED) is 0.815. The summed E-state index contributed by atoms with van der Waals surface area (Å²) < 4.78 is 5.33. The molecule has 0 amide bonds. The van der Waals surface area contributed by atoms with E-state index in [1.807, 2.05) is 12.1 Å². The van der Waals surface area contributed by atoms with Crippen LogP contribution in [0.4, 0.5) is 5.95 Å². The number of ether oxygens (including phenoxy) is 1. The molecule has 0 atom stereocenters. The summed E-state index contributed by atoms with van der Waals surface area (Å²) in [6.45, 7) is 5.71. The average molecular weight is 285 g/mol. The van der Waals surface area contributed by atoms with Gasteiger partial charge in [0.05, 0.1) is 35.9 Å². The van der Waals surface area contributed by atoms with Crippen LogP contribution in [0.3, 0.4) is 0 Å². The van der Waals surface area contributed by atoms with Gasteiger partial charge in [0.2, 0.25) is 5.95 Å². The largest absolute Gasteiger partial charge is 0.379 e. The highest BCUT2D eigenvalue weighted by Gasteiger charge is 2.09. The Labute approximate surface area is 123 Å². The second kappa shape index (κ2) is 6.57. The molecule has 6 heteroatoms. The van der Waals surface area contributed by atoms with Crippen molar-refractivity contribution in [3.63, 3.8) is 0 Å². The van der Waals surface area contributed by atoms with Crippen LogP contribution in [-0.4, -0.2) is 54.3 Å². The van der Waals surface area contributed by atoms with Crippen molar-refractivity contribution < 1.29 is 4.74 Å². The first-order chi connectivity index (χ1) is 10.3. The molecule has 1 aliphatic rings. The smallest absolute Gasteiger partial charge is 0.201 e. The van der Waals surface area contributed by atoms with E-state index in [0.29, 0.717) is 5.56 Å². The van der Waals surface area contributed by atoms with E-state index in [2.05, 4.69) is 26.3 Å². The van der Waals surface area contributed by atoms with Crippen molar-refractivity contribution in [2.45, 2.75) is 6.42 Å². The van der Waals surface area contributed by atoms with Crippen LogP contribution in [0.15, 0.2) is 18.2 Å². The van der Waals surface area contributed by atoms with Crippen molar-refractivity contribution in [1.29, 1.82) is 5.26 Å². The summed E-state index contributed by atoms with van der Waals surface area (Å²) in [5, 5.41) is 12.2.